The molecule has 6 heteroatoms. The number of rotatable bonds is 3. The molecule has 1 aliphatic rings. The van der Waals surface area contributed by atoms with Crippen LogP contribution in [0.1, 0.15) is 23.2 Å². The Bertz CT molecular complexity index is 690. The Morgan fingerprint density at radius 1 is 1.43 bits per heavy atom. The van der Waals surface area contributed by atoms with Crippen LogP contribution in [0.15, 0.2) is 41.6 Å². The molecule has 1 atom stereocenters. The highest BCUT2D eigenvalue weighted by atomic mass is 16.2. The largest absolute Gasteiger partial charge is 0.334 e. The van der Waals surface area contributed by atoms with E-state index < -0.39 is 0 Å². The standard InChI is InChI=1S/C15H18N4O2/c1-17-9-5-12(10-14(17)20)15(21)19-8-2-4-13(19)11-18-7-3-6-16-18/h3,5-7,9-10,13H,2,4,8,11H2,1H3. The van der Waals surface area contributed by atoms with Gasteiger partial charge in [-0.1, -0.05) is 0 Å². The van der Waals surface area contributed by atoms with E-state index in [1.807, 2.05) is 21.8 Å². The number of hydrogen-bond acceptors (Lipinski definition) is 3. The number of hydrogen-bond donors (Lipinski definition) is 0. The topological polar surface area (TPSA) is 60.1 Å². The fourth-order valence-corrected chi connectivity index (χ4v) is 2.76. The summed E-state index contributed by atoms with van der Waals surface area (Å²) in [6.45, 7) is 1.43. The minimum absolute atomic E-state index is 0.0673. The highest BCUT2D eigenvalue weighted by molar-refractivity contribution is 5.94. The van der Waals surface area contributed by atoms with Crippen LogP contribution in [-0.4, -0.2) is 37.7 Å². The van der Waals surface area contributed by atoms with Crippen LogP contribution in [0.5, 0.6) is 0 Å². The van der Waals surface area contributed by atoms with E-state index in [1.54, 1.807) is 25.5 Å². The molecule has 0 bridgehead atoms. The van der Waals surface area contributed by atoms with Crippen molar-refractivity contribution in [3.05, 3.63) is 52.7 Å². The molecule has 6 nitrogen and oxygen atoms in total. The van der Waals surface area contributed by atoms with E-state index in [0.717, 1.165) is 19.4 Å². The molecule has 2 aromatic heterocycles. The first kappa shape index (κ1) is 13.6. The number of carbonyl (C=O) groups excluding carboxylic acids is 1. The van der Waals surface area contributed by atoms with Crippen molar-refractivity contribution >= 4 is 5.91 Å². The summed E-state index contributed by atoms with van der Waals surface area (Å²) in [6, 6.07) is 5.13. The van der Waals surface area contributed by atoms with Gasteiger partial charge in [-0.2, -0.15) is 5.10 Å². The van der Waals surface area contributed by atoms with Crippen molar-refractivity contribution in [3.63, 3.8) is 0 Å². The van der Waals surface area contributed by atoms with Gasteiger partial charge in [0, 0.05) is 43.8 Å². The maximum absolute atomic E-state index is 12.6. The summed E-state index contributed by atoms with van der Waals surface area (Å²) in [7, 11) is 1.67. The van der Waals surface area contributed by atoms with E-state index in [0.29, 0.717) is 12.1 Å². The van der Waals surface area contributed by atoms with Gasteiger partial charge in [-0.15, -0.1) is 0 Å². The monoisotopic (exact) mass is 286 g/mol. The Morgan fingerprint density at radius 3 is 3.00 bits per heavy atom. The third kappa shape index (κ3) is 2.74. The van der Waals surface area contributed by atoms with E-state index in [4.69, 9.17) is 0 Å². The molecule has 1 amide bonds. The van der Waals surface area contributed by atoms with Crippen molar-refractivity contribution < 1.29 is 4.79 Å². The van der Waals surface area contributed by atoms with Crippen molar-refractivity contribution in [1.29, 1.82) is 0 Å². The molecule has 1 unspecified atom stereocenters. The first-order valence-electron chi connectivity index (χ1n) is 7.10. The van der Waals surface area contributed by atoms with Crippen LogP contribution in [0.2, 0.25) is 0 Å². The smallest absolute Gasteiger partial charge is 0.254 e. The Labute approximate surface area is 122 Å². The van der Waals surface area contributed by atoms with Crippen molar-refractivity contribution in [3.8, 4) is 0 Å². The molecule has 0 aliphatic carbocycles. The van der Waals surface area contributed by atoms with Gasteiger partial charge in [0.2, 0.25) is 0 Å². The second-order valence-corrected chi connectivity index (χ2v) is 5.39. The fourth-order valence-electron chi connectivity index (χ4n) is 2.76. The van der Waals surface area contributed by atoms with Crippen LogP contribution >= 0.6 is 0 Å². The lowest BCUT2D eigenvalue weighted by atomic mass is 10.2. The van der Waals surface area contributed by atoms with Crippen LogP contribution in [0.4, 0.5) is 0 Å². The quantitative estimate of drug-likeness (QED) is 0.842. The van der Waals surface area contributed by atoms with E-state index in [-0.39, 0.29) is 17.5 Å². The third-order valence-corrected chi connectivity index (χ3v) is 3.95. The molecule has 3 rings (SSSR count). The average Bonchev–Trinajstić information content (AvgIpc) is 3.13. The van der Waals surface area contributed by atoms with Crippen LogP contribution in [0.3, 0.4) is 0 Å². The maximum atomic E-state index is 12.6. The number of pyridine rings is 1. The van der Waals surface area contributed by atoms with E-state index in [2.05, 4.69) is 5.10 Å². The van der Waals surface area contributed by atoms with Gasteiger partial charge in [-0.05, 0) is 25.0 Å². The van der Waals surface area contributed by atoms with Gasteiger partial charge in [0.15, 0.2) is 0 Å². The zero-order valence-electron chi connectivity index (χ0n) is 12.0. The fraction of sp³-hybridized carbons (Fsp3) is 0.400. The van der Waals surface area contributed by atoms with Gasteiger partial charge in [0.05, 0.1) is 12.6 Å². The molecule has 0 spiro atoms. The molecule has 0 radical (unpaired) electrons. The molecular weight excluding hydrogens is 268 g/mol. The van der Waals surface area contributed by atoms with Gasteiger partial charge in [0.25, 0.3) is 11.5 Å². The number of likely N-dealkylation sites (tertiary alicyclic amines) is 1. The van der Waals surface area contributed by atoms with Gasteiger partial charge in [-0.25, -0.2) is 0 Å². The Kier molecular flexibility index (Phi) is 3.60. The minimum Gasteiger partial charge on any atom is -0.334 e. The number of aromatic nitrogens is 3. The zero-order chi connectivity index (χ0) is 14.8. The van der Waals surface area contributed by atoms with Crippen LogP contribution in [-0.2, 0) is 13.6 Å². The van der Waals surface area contributed by atoms with Gasteiger partial charge in [-0.3, -0.25) is 14.3 Å². The molecule has 3 heterocycles. The van der Waals surface area contributed by atoms with E-state index >= 15 is 0 Å². The molecule has 110 valence electrons. The minimum atomic E-state index is -0.163. The van der Waals surface area contributed by atoms with E-state index in [9.17, 15) is 9.59 Å². The normalized spacial score (nSPS) is 18.1. The Balaban J connectivity index is 1.79. The zero-order valence-corrected chi connectivity index (χ0v) is 12.0. The Morgan fingerprint density at radius 2 is 2.29 bits per heavy atom. The SMILES string of the molecule is Cn1ccc(C(=O)N2CCCC2Cn2cccn2)cc1=O. The molecule has 21 heavy (non-hydrogen) atoms. The summed E-state index contributed by atoms with van der Waals surface area (Å²) in [5.41, 5.74) is 0.300. The second-order valence-electron chi connectivity index (χ2n) is 5.39. The van der Waals surface area contributed by atoms with Crippen molar-refractivity contribution in [2.24, 2.45) is 7.05 Å². The van der Waals surface area contributed by atoms with Crippen molar-refractivity contribution in [1.82, 2.24) is 19.2 Å². The first-order chi connectivity index (χ1) is 10.1. The number of nitrogens with zero attached hydrogens (tertiary/aromatic N) is 4. The summed E-state index contributed by atoms with van der Waals surface area (Å²) < 4.78 is 3.31. The highest BCUT2D eigenvalue weighted by Gasteiger charge is 2.29. The van der Waals surface area contributed by atoms with Crippen LogP contribution in [0, 0.1) is 0 Å². The lowest BCUT2D eigenvalue weighted by molar-refractivity contribution is 0.0721. The predicted molar refractivity (Wildman–Crippen MR) is 78.0 cm³/mol. The average molecular weight is 286 g/mol. The van der Waals surface area contributed by atoms with Gasteiger partial charge in [0.1, 0.15) is 0 Å². The van der Waals surface area contributed by atoms with Crippen LogP contribution in [0.25, 0.3) is 0 Å². The summed E-state index contributed by atoms with van der Waals surface area (Å²) in [4.78, 5) is 26.1. The molecule has 1 saturated heterocycles. The van der Waals surface area contributed by atoms with Gasteiger partial charge < -0.3 is 9.47 Å². The summed E-state index contributed by atoms with van der Waals surface area (Å²) in [6.07, 6.45) is 7.23. The maximum Gasteiger partial charge on any atom is 0.254 e. The predicted octanol–water partition coefficient (Wildman–Crippen LogP) is 0.887. The van der Waals surface area contributed by atoms with Crippen molar-refractivity contribution in [2.45, 2.75) is 25.4 Å². The summed E-state index contributed by atoms with van der Waals surface area (Å²) in [5.74, 6) is -0.0673. The molecule has 1 aliphatic heterocycles. The molecule has 1 fully saturated rings. The van der Waals surface area contributed by atoms with Crippen LogP contribution < -0.4 is 5.56 Å². The van der Waals surface area contributed by atoms with E-state index in [1.165, 1.54) is 10.6 Å². The molecular formula is C15H18N4O2. The van der Waals surface area contributed by atoms with Crippen molar-refractivity contribution in [2.75, 3.05) is 6.54 Å². The molecule has 2 aromatic rings. The molecule has 0 aromatic carbocycles. The highest BCUT2D eigenvalue weighted by Crippen LogP contribution is 2.21. The number of aryl methyl sites for hydroxylation is 1. The first-order valence-corrected chi connectivity index (χ1v) is 7.10. The lowest BCUT2D eigenvalue weighted by Crippen LogP contribution is -2.38. The number of carbonyl (C=O) groups is 1. The summed E-state index contributed by atoms with van der Waals surface area (Å²) >= 11 is 0. The lowest BCUT2D eigenvalue weighted by Gasteiger charge is -2.24. The third-order valence-electron chi connectivity index (χ3n) is 3.95. The summed E-state index contributed by atoms with van der Waals surface area (Å²) in [5, 5.41) is 4.20. The number of amides is 1. The molecule has 0 N–H and O–H groups in total. The Hall–Kier alpha value is -2.37. The van der Waals surface area contributed by atoms with Gasteiger partial charge >= 0.3 is 0 Å². The second kappa shape index (κ2) is 5.55. The molecule has 0 saturated carbocycles.